The Kier molecular flexibility index (Phi) is 8.67. The highest BCUT2D eigenvalue weighted by Gasteiger charge is 2.39. The molecule has 0 aromatic heterocycles. The maximum absolute atomic E-state index is 7.20. The molecular formula is C60H41NO. The van der Waals surface area contributed by atoms with Crippen molar-refractivity contribution in [2.75, 3.05) is 4.90 Å². The summed E-state index contributed by atoms with van der Waals surface area (Å²) in [5.74, 6) is 1.01. The molecule has 0 spiro atoms. The van der Waals surface area contributed by atoms with Crippen LogP contribution in [0.1, 0.15) is 28.7 Å². The molecule has 12 rings (SSSR count). The lowest BCUT2D eigenvalue weighted by atomic mass is 9.82. The minimum Gasteiger partial charge on any atom is -0.484 e. The summed E-state index contributed by atoms with van der Waals surface area (Å²) in [5.41, 5.74) is 11.7. The number of anilines is 3. The molecule has 2 nitrogen and oxygen atoms in total. The van der Waals surface area contributed by atoms with E-state index in [1.807, 2.05) is 0 Å². The van der Waals surface area contributed by atoms with Gasteiger partial charge in [0.25, 0.3) is 0 Å². The third-order valence-electron chi connectivity index (χ3n) is 12.8. The number of benzene rings is 11. The smallest absolute Gasteiger partial charge is 0.135 e. The van der Waals surface area contributed by atoms with Crippen LogP contribution < -0.4 is 9.64 Å². The fourth-order valence-electron chi connectivity index (χ4n) is 9.79. The van der Waals surface area contributed by atoms with Crippen LogP contribution in [0.15, 0.2) is 237 Å². The van der Waals surface area contributed by atoms with Crippen molar-refractivity contribution in [3.05, 3.63) is 253 Å². The van der Waals surface area contributed by atoms with Gasteiger partial charge in [-0.2, -0.15) is 0 Å². The van der Waals surface area contributed by atoms with E-state index in [1.165, 1.54) is 76.6 Å². The maximum Gasteiger partial charge on any atom is 0.135 e. The van der Waals surface area contributed by atoms with E-state index in [4.69, 9.17) is 4.74 Å². The van der Waals surface area contributed by atoms with Crippen LogP contribution >= 0.6 is 0 Å². The molecule has 292 valence electrons. The zero-order valence-electron chi connectivity index (χ0n) is 34.0. The van der Waals surface area contributed by atoms with Gasteiger partial charge in [0, 0.05) is 28.0 Å². The highest BCUT2D eigenvalue weighted by Crippen LogP contribution is 2.56. The van der Waals surface area contributed by atoms with Gasteiger partial charge in [0.2, 0.25) is 0 Å². The first-order valence-corrected chi connectivity index (χ1v) is 21.5. The molecule has 0 saturated carbocycles. The van der Waals surface area contributed by atoms with Gasteiger partial charge in [-0.05, 0) is 126 Å². The third kappa shape index (κ3) is 6.19. The Morgan fingerprint density at radius 1 is 0.306 bits per heavy atom. The molecule has 11 aromatic rings. The highest BCUT2D eigenvalue weighted by molar-refractivity contribution is 6.14. The van der Waals surface area contributed by atoms with Gasteiger partial charge in [0.15, 0.2) is 0 Å². The predicted molar refractivity (Wildman–Crippen MR) is 260 cm³/mol. The summed E-state index contributed by atoms with van der Waals surface area (Å²) in [5, 5.41) is 9.72. The van der Waals surface area contributed by atoms with E-state index >= 15 is 0 Å². The Balaban J connectivity index is 1.01. The number of hydrogen-bond donors (Lipinski definition) is 0. The minimum absolute atomic E-state index is 0.0429. The maximum atomic E-state index is 7.20. The molecule has 1 aliphatic heterocycles. The molecular weight excluding hydrogens is 751 g/mol. The quantitative estimate of drug-likeness (QED) is 0.149. The molecule has 0 fully saturated rings. The summed E-state index contributed by atoms with van der Waals surface area (Å²) in [6, 6.07) is 85.9. The van der Waals surface area contributed by atoms with E-state index in [1.54, 1.807) is 0 Å². The lowest BCUT2D eigenvalue weighted by Gasteiger charge is -2.27. The Morgan fingerprint density at radius 2 is 0.774 bits per heavy atom. The number of fused-ring (bicyclic) bond motifs is 8. The fourth-order valence-corrected chi connectivity index (χ4v) is 9.79. The molecule has 0 N–H and O–H groups in total. The van der Waals surface area contributed by atoms with Crippen LogP contribution in [0.25, 0.3) is 65.3 Å². The Labute approximate surface area is 361 Å². The first-order chi connectivity index (χ1) is 30.7. The zero-order valence-corrected chi connectivity index (χ0v) is 34.0. The highest BCUT2D eigenvalue weighted by atomic mass is 16.5. The van der Waals surface area contributed by atoms with Gasteiger partial charge in [-0.25, -0.2) is 0 Å². The number of nitrogens with zero attached hydrogens (tertiary/aromatic N) is 1. The van der Waals surface area contributed by atoms with Crippen LogP contribution in [-0.2, 0) is 0 Å². The van der Waals surface area contributed by atoms with E-state index in [9.17, 15) is 0 Å². The molecule has 2 heteroatoms. The zero-order chi connectivity index (χ0) is 41.0. The first kappa shape index (κ1) is 36.0. The van der Waals surface area contributed by atoms with Gasteiger partial charge in [0.05, 0.1) is 5.92 Å². The van der Waals surface area contributed by atoms with Crippen molar-refractivity contribution in [2.24, 2.45) is 0 Å². The molecule has 0 amide bonds. The standard InChI is InChI=1S/C60H41NO/c1-3-15-44(16-4-1)57-58-54-22-12-11-21-53(54)56-39-52(35-36-55(56)60(58)62-59(57)45-17-5-2-6-18-45)61(50-31-27-42(28-32-50)48-25-23-40-13-7-9-19-46(40)37-48)51-33-29-43(30-34-51)49-26-24-41-14-8-10-20-47(41)38-49/h1-39,57,59H. The second kappa shape index (κ2) is 15.0. The molecule has 2 unspecified atom stereocenters. The molecule has 0 radical (unpaired) electrons. The van der Waals surface area contributed by atoms with Crippen molar-refractivity contribution in [1.29, 1.82) is 0 Å². The van der Waals surface area contributed by atoms with Crippen LogP contribution in [0.2, 0.25) is 0 Å². The third-order valence-corrected chi connectivity index (χ3v) is 12.8. The summed E-state index contributed by atoms with van der Waals surface area (Å²) in [7, 11) is 0. The first-order valence-electron chi connectivity index (χ1n) is 21.5. The van der Waals surface area contributed by atoms with Crippen molar-refractivity contribution in [3.8, 4) is 28.0 Å². The van der Waals surface area contributed by atoms with Gasteiger partial charge >= 0.3 is 0 Å². The molecule has 11 aromatic carbocycles. The molecule has 0 aliphatic carbocycles. The van der Waals surface area contributed by atoms with Crippen molar-refractivity contribution in [2.45, 2.75) is 12.0 Å². The lowest BCUT2D eigenvalue weighted by molar-refractivity contribution is 0.224. The summed E-state index contributed by atoms with van der Waals surface area (Å²) in [6.07, 6.45) is -0.152. The molecule has 1 aliphatic rings. The summed E-state index contributed by atoms with van der Waals surface area (Å²) in [6.45, 7) is 0. The largest absolute Gasteiger partial charge is 0.484 e. The average Bonchev–Trinajstić information content (AvgIpc) is 3.76. The number of hydrogen-bond acceptors (Lipinski definition) is 2. The van der Waals surface area contributed by atoms with E-state index in [0.717, 1.165) is 28.2 Å². The van der Waals surface area contributed by atoms with Crippen molar-refractivity contribution in [3.63, 3.8) is 0 Å². The van der Waals surface area contributed by atoms with E-state index in [2.05, 4.69) is 241 Å². The van der Waals surface area contributed by atoms with Crippen LogP contribution in [0.4, 0.5) is 17.1 Å². The molecule has 2 atom stereocenters. The summed E-state index contributed by atoms with van der Waals surface area (Å²) >= 11 is 0. The minimum atomic E-state index is -0.152. The normalized spacial score (nSPS) is 14.6. The molecule has 1 heterocycles. The predicted octanol–water partition coefficient (Wildman–Crippen LogP) is 16.4. The molecule has 0 bridgehead atoms. The van der Waals surface area contributed by atoms with Gasteiger partial charge < -0.3 is 9.64 Å². The number of ether oxygens (including phenoxy) is 1. The van der Waals surface area contributed by atoms with Crippen molar-refractivity contribution >= 4 is 60.2 Å². The van der Waals surface area contributed by atoms with E-state index in [-0.39, 0.29) is 12.0 Å². The van der Waals surface area contributed by atoms with Crippen LogP contribution in [0, 0.1) is 0 Å². The van der Waals surface area contributed by atoms with Gasteiger partial charge in [-0.15, -0.1) is 0 Å². The van der Waals surface area contributed by atoms with Crippen molar-refractivity contribution in [1.82, 2.24) is 0 Å². The van der Waals surface area contributed by atoms with Crippen LogP contribution in [-0.4, -0.2) is 0 Å². The van der Waals surface area contributed by atoms with E-state index < -0.39 is 0 Å². The SMILES string of the molecule is c1ccc(C2Oc3c(c4ccccc4c4cc(N(c5ccc(-c6ccc7ccccc7c6)cc5)c5ccc(-c6ccc7ccccc7c6)cc5)ccc34)C2c2ccccc2)cc1. The Bertz CT molecular complexity index is 3310. The fraction of sp³-hybridized carbons (Fsp3) is 0.0333. The second-order valence-electron chi connectivity index (χ2n) is 16.4. The topological polar surface area (TPSA) is 12.5 Å². The lowest BCUT2D eigenvalue weighted by Crippen LogP contribution is -2.11. The number of rotatable bonds is 7. The van der Waals surface area contributed by atoms with Crippen LogP contribution in [0.5, 0.6) is 5.75 Å². The summed E-state index contributed by atoms with van der Waals surface area (Å²) < 4.78 is 7.20. The van der Waals surface area contributed by atoms with E-state index in [0.29, 0.717) is 0 Å². The van der Waals surface area contributed by atoms with Crippen molar-refractivity contribution < 1.29 is 4.74 Å². The molecule has 62 heavy (non-hydrogen) atoms. The second-order valence-corrected chi connectivity index (χ2v) is 16.4. The van der Waals surface area contributed by atoms with Crippen LogP contribution in [0.3, 0.4) is 0 Å². The van der Waals surface area contributed by atoms with Gasteiger partial charge in [-0.3, -0.25) is 0 Å². The van der Waals surface area contributed by atoms with Gasteiger partial charge in [0.1, 0.15) is 11.9 Å². The van der Waals surface area contributed by atoms with Gasteiger partial charge in [-0.1, -0.05) is 182 Å². The monoisotopic (exact) mass is 791 g/mol. The molecule has 0 saturated heterocycles. The Hall–Kier alpha value is -7.94. The Morgan fingerprint density at radius 3 is 1.35 bits per heavy atom. The summed E-state index contributed by atoms with van der Waals surface area (Å²) in [4.78, 5) is 2.39. The average molecular weight is 792 g/mol.